The number of aliphatic hydroxyl groups excluding tert-OH is 1. The Bertz CT molecular complexity index is 481. The molecule has 0 fully saturated rings. The summed E-state index contributed by atoms with van der Waals surface area (Å²) in [7, 11) is 7.40. The second-order valence-corrected chi connectivity index (χ2v) is 4.84. The quantitative estimate of drug-likeness (QED) is 0.549. The van der Waals surface area contributed by atoms with Crippen LogP contribution < -0.4 is 5.69 Å². The van der Waals surface area contributed by atoms with Crippen LogP contribution in [0.25, 0.3) is 0 Å². The highest BCUT2D eigenvalue weighted by atomic mass is 16.3. The lowest BCUT2D eigenvalue weighted by Gasteiger charge is -2.16. The van der Waals surface area contributed by atoms with Crippen LogP contribution in [0.1, 0.15) is 0 Å². The minimum absolute atomic E-state index is 0.224. The van der Waals surface area contributed by atoms with Gasteiger partial charge in [0.05, 0.1) is 19.0 Å². The van der Waals surface area contributed by atoms with Crippen molar-refractivity contribution in [2.45, 2.75) is 12.6 Å². The van der Waals surface area contributed by atoms with Gasteiger partial charge in [0.15, 0.2) is 5.82 Å². The average Bonchev–Trinajstić information content (AvgIpc) is 2.28. The zero-order valence-corrected chi connectivity index (χ0v) is 11.8. The Morgan fingerprint density at radius 1 is 1.47 bits per heavy atom. The molecule has 1 N–H and O–H groups in total. The zero-order chi connectivity index (χ0) is 14.4. The topological polar surface area (TPSA) is 74.0 Å². The number of aromatic nitrogens is 2. The predicted molar refractivity (Wildman–Crippen MR) is 74.9 cm³/mol. The van der Waals surface area contributed by atoms with Gasteiger partial charge in [0, 0.05) is 26.8 Å². The highest BCUT2D eigenvalue weighted by Crippen LogP contribution is 2.02. The molecule has 0 bridgehead atoms. The molecule has 0 aliphatic carbocycles. The molecule has 1 aromatic rings. The van der Waals surface area contributed by atoms with Gasteiger partial charge in [-0.2, -0.15) is 4.98 Å². The summed E-state index contributed by atoms with van der Waals surface area (Å²) >= 11 is 0. The van der Waals surface area contributed by atoms with Gasteiger partial charge in [-0.15, -0.1) is 0 Å². The van der Waals surface area contributed by atoms with Gasteiger partial charge < -0.3 is 14.9 Å². The molecule has 0 radical (unpaired) electrons. The summed E-state index contributed by atoms with van der Waals surface area (Å²) in [4.78, 5) is 23.2. The number of likely N-dealkylation sites (N-methyl/N-ethyl adjacent to an activating group) is 1. The monoisotopic (exact) mass is 267 g/mol. The lowest BCUT2D eigenvalue weighted by atomic mass is 10.3. The van der Waals surface area contributed by atoms with E-state index in [1.165, 1.54) is 4.57 Å². The van der Waals surface area contributed by atoms with Gasteiger partial charge in [-0.05, 0) is 20.2 Å². The number of aliphatic imine (C=N–C) groups is 1. The molecule has 0 aromatic carbocycles. The summed E-state index contributed by atoms with van der Waals surface area (Å²) in [6.07, 6.45) is 2.56. The van der Waals surface area contributed by atoms with E-state index in [1.54, 1.807) is 23.5 Å². The van der Waals surface area contributed by atoms with Crippen molar-refractivity contribution in [3.8, 4) is 0 Å². The summed E-state index contributed by atoms with van der Waals surface area (Å²) in [5.41, 5.74) is -0.411. The van der Waals surface area contributed by atoms with Crippen LogP contribution in [0.5, 0.6) is 0 Å². The molecule has 1 unspecified atom stereocenters. The van der Waals surface area contributed by atoms with Gasteiger partial charge in [0.2, 0.25) is 0 Å². The molecule has 0 aliphatic rings. The Balaban J connectivity index is 2.75. The molecule has 7 heteroatoms. The van der Waals surface area contributed by atoms with E-state index in [2.05, 4.69) is 9.98 Å². The van der Waals surface area contributed by atoms with E-state index in [-0.39, 0.29) is 6.54 Å². The van der Waals surface area contributed by atoms with Gasteiger partial charge in [-0.3, -0.25) is 4.57 Å². The second kappa shape index (κ2) is 7.01. The molecule has 19 heavy (non-hydrogen) atoms. The van der Waals surface area contributed by atoms with Crippen LogP contribution in [0, 0.1) is 0 Å². The summed E-state index contributed by atoms with van der Waals surface area (Å²) in [6.45, 7) is 0.717. The van der Waals surface area contributed by atoms with Crippen LogP contribution in [0.4, 0.5) is 5.82 Å². The number of hydrogen-bond acceptors (Lipinski definition) is 5. The summed E-state index contributed by atoms with van der Waals surface area (Å²) < 4.78 is 1.38. The summed E-state index contributed by atoms with van der Waals surface area (Å²) in [5, 5.41) is 9.78. The van der Waals surface area contributed by atoms with Gasteiger partial charge >= 0.3 is 5.69 Å². The Labute approximate surface area is 112 Å². The Hall–Kier alpha value is -1.73. The van der Waals surface area contributed by atoms with Crippen LogP contribution in [0.3, 0.4) is 0 Å². The molecule has 0 saturated carbocycles. The van der Waals surface area contributed by atoms with E-state index in [1.807, 2.05) is 33.1 Å². The van der Waals surface area contributed by atoms with Crippen molar-refractivity contribution in [1.82, 2.24) is 19.4 Å². The Kier molecular flexibility index (Phi) is 5.65. The maximum absolute atomic E-state index is 11.7. The van der Waals surface area contributed by atoms with Gasteiger partial charge in [0.25, 0.3) is 0 Å². The van der Waals surface area contributed by atoms with E-state index < -0.39 is 11.8 Å². The fourth-order valence-corrected chi connectivity index (χ4v) is 1.51. The maximum atomic E-state index is 11.7. The molecular formula is C12H21N5O2. The van der Waals surface area contributed by atoms with E-state index in [0.717, 1.165) is 0 Å². The highest BCUT2D eigenvalue weighted by Gasteiger charge is 2.08. The predicted octanol–water partition coefficient (Wildman–Crippen LogP) is -0.613. The Morgan fingerprint density at radius 2 is 2.16 bits per heavy atom. The maximum Gasteiger partial charge on any atom is 0.349 e. The molecule has 1 atom stereocenters. The van der Waals surface area contributed by atoms with Crippen molar-refractivity contribution in [3.63, 3.8) is 0 Å². The number of nitrogens with zero attached hydrogens (tertiary/aromatic N) is 5. The lowest BCUT2D eigenvalue weighted by Crippen LogP contribution is -2.33. The van der Waals surface area contributed by atoms with Crippen molar-refractivity contribution < 1.29 is 5.11 Å². The number of rotatable bonds is 6. The molecular weight excluding hydrogens is 246 g/mol. The smallest absolute Gasteiger partial charge is 0.349 e. The fraction of sp³-hybridized carbons (Fsp3) is 0.583. The van der Waals surface area contributed by atoms with Crippen molar-refractivity contribution in [1.29, 1.82) is 0 Å². The number of aliphatic hydroxyl groups is 1. The van der Waals surface area contributed by atoms with Gasteiger partial charge in [-0.1, -0.05) is 0 Å². The molecule has 0 amide bonds. The average molecular weight is 267 g/mol. The van der Waals surface area contributed by atoms with Crippen LogP contribution >= 0.6 is 0 Å². The minimum atomic E-state index is -0.606. The first kappa shape index (κ1) is 15.3. The van der Waals surface area contributed by atoms with E-state index in [0.29, 0.717) is 12.4 Å². The fourth-order valence-electron chi connectivity index (χ4n) is 1.51. The molecule has 0 saturated heterocycles. The van der Waals surface area contributed by atoms with Crippen LogP contribution in [0.2, 0.25) is 0 Å². The Morgan fingerprint density at radius 3 is 2.68 bits per heavy atom. The first-order valence-corrected chi connectivity index (χ1v) is 5.99. The van der Waals surface area contributed by atoms with E-state index in [4.69, 9.17) is 0 Å². The molecule has 1 aromatic heterocycles. The molecule has 7 nitrogen and oxygen atoms in total. The van der Waals surface area contributed by atoms with Crippen molar-refractivity contribution >= 4 is 12.2 Å². The summed E-state index contributed by atoms with van der Waals surface area (Å²) in [5.74, 6) is 0.358. The lowest BCUT2D eigenvalue weighted by molar-refractivity contribution is 0.118. The van der Waals surface area contributed by atoms with Gasteiger partial charge in [0.1, 0.15) is 0 Å². The number of hydrogen-bond donors (Lipinski definition) is 1. The van der Waals surface area contributed by atoms with E-state index in [9.17, 15) is 9.90 Å². The second-order valence-electron chi connectivity index (χ2n) is 4.84. The van der Waals surface area contributed by atoms with Crippen molar-refractivity contribution in [2.24, 2.45) is 4.99 Å². The van der Waals surface area contributed by atoms with Crippen LogP contribution in [-0.4, -0.2) is 71.6 Å². The first-order chi connectivity index (χ1) is 8.88. The molecule has 1 rings (SSSR count). The van der Waals surface area contributed by atoms with Gasteiger partial charge in [-0.25, -0.2) is 9.79 Å². The third kappa shape index (κ3) is 5.62. The molecule has 0 aliphatic heterocycles. The molecule has 0 spiro atoms. The van der Waals surface area contributed by atoms with E-state index >= 15 is 0 Å². The first-order valence-electron chi connectivity index (χ1n) is 5.99. The highest BCUT2D eigenvalue weighted by molar-refractivity contribution is 5.58. The molecule has 106 valence electrons. The summed E-state index contributed by atoms with van der Waals surface area (Å²) in [6, 6.07) is 1.64. The SMILES string of the molecule is CN(C)C=Nc1ccn(CC(O)CN(C)C)c(=O)n1. The third-order valence-corrected chi connectivity index (χ3v) is 2.26. The largest absolute Gasteiger partial charge is 0.390 e. The normalized spacial score (nSPS) is 13.2. The third-order valence-electron chi connectivity index (χ3n) is 2.26. The molecule has 1 heterocycles. The van der Waals surface area contributed by atoms with Crippen LogP contribution in [0.15, 0.2) is 22.1 Å². The zero-order valence-electron chi connectivity index (χ0n) is 11.8. The van der Waals surface area contributed by atoms with Crippen LogP contribution in [-0.2, 0) is 6.54 Å². The van der Waals surface area contributed by atoms with Crippen molar-refractivity contribution in [2.75, 3.05) is 34.7 Å². The van der Waals surface area contributed by atoms with Crippen molar-refractivity contribution in [3.05, 3.63) is 22.7 Å². The standard InChI is InChI=1S/C12H21N5O2/c1-15(2)7-10(18)8-17-6-5-11(14-12(17)19)13-9-16(3)4/h5-6,9-10,18H,7-8H2,1-4H3. The minimum Gasteiger partial charge on any atom is -0.390 e.